The van der Waals surface area contributed by atoms with Gasteiger partial charge in [0.25, 0.3) is 0 Å². The van der Waals surface area contributed by atoms with Gasteiger partial charge in [-0.25, -0.2) is 0 Å². The van der Waals surface area contributed by atoms with Crippen molar-refractivity contribution in [3.05, 3.63) is 47.5 Å². The van der Waals surface area contributed by atoms with Gasteiger partial charge in [-0.2, -0.15) is 13.2 Å². The van der Waals surface area contributed by atoms with Crippen molar-refractivity contribution >= 4 is 5.78 Å². The number of ketones is 1. The molecule has 2 unspecified atom stereocenters. The maximum absolute atomic E-state index is 12.3. The van der Waals surface area contributed by atoms with Crippen LogP contribution in [0.1, 0.15) is 18.9 Å². The Hall–Kier alpha value is -1.58. The van der Waals surface area contributed by atoms with Gasteiger partial charge >= 0.3 is 6.18 Å². The van der Waals surface area contributed by atoms with Gasteiger partial charge in [-0.3, -0.25) is 4.79 Å². The molecule has 0 aromatic heterocycles. The van der Waals surface area contributed by atoms with Gasteiger partial charge < -0.3 is 0 Å². The Morgan fingerprint density at radius 3 is 2.53 bits per heavy atom. The van der Waals surface area contributed by atoms with Gasteiger partial charge in [0.15, 0.2) is 5.78 Å². The number of hydrogen-bond acceptors (Lipinski definition) is 1. The van der Waals surface area contributed by atoms with E-state index in [1.165, 1.54) is 0 Å². The summed E-state index contributed by atoms with van der Waals surface area (Å²) in [6.45, 7) is 0.937. The highest BCUT2D eigenvalue weighted by molar-refractivity contribution is 5.94. The van der Waals surface area contributed by atoms with Crippen molar-refractivity contribution < 1.29 is 18.0 Å². The third-order valence-corrected chi connectivity index (χ3v) is 3.43. The van der Waals surface area contributed by atoms with Gasteiger partial charge in [-0.1, -0.05) is 30.3 Å². The predicted octanol–water partition coefficient (Wildman–Crippen LogP) is 3.94. The second kappa shape index (κ2) is 5.19. The van der Waals surface area contributed by atoms with Crippen LogP contribution in [0.3, 0.4) is 0 Å². The number of alkyl halides is 3. The fraction of sp³-hybridized carbons (Fsp3) is 0.400. The summed E-state index contributed by atoms with van der Waals surface area (Å²) in [5.41, 5.74) is 0.308. The van der Waals surface area contributed by atoms with E-state index in [-0.39, 0.29) is 11.8 Å². The van der Waals surface area contributed by atoms with Crippen molar-refractivity contribution in [3.63, 3.8) is 0 Å². The Bertz CT molecular complexity index is 488. The van der Waals surface area contributed by atoms with Crippen LogP contribution in [0.5, 0.6) is 0 Å². The third-order valence-electron chi connectivity index (χ3n) is 3.43. The Morgan fingerprint density at radius 2 is 1.95 bits per heavy atom. The molecule has 102 valence electrons. The normalized spacial score (nSPS) is 23.3. The minimum absolute atomic E-state index is 0.187. The van der Waals surface area contributed by atoms with Gasteiger partial charge in [-0.05, 0) is 37.3 Å². The Kier molecular flexibility index (Phi) is 3.78. The summed E-state index contributed by atoms with van der Waals surface area (Å²) in [4.78, 5) is 11.7. The topological polar surface area (TPSA) is 17.1 Å². The molecule has 0 bridgehead atoms. The van der Waals surface area contributed by atoms with Crippen molar-refractivity contribution in [3.8, 4) is 0 Å². The average Bonchev–Trinajstić information content (AvgIpc) is 3.08. The molecule has 0 aliphatic heterocycles. The molecule has 1 aromatic carbocycles. The van der Waals surface area contributed by atoms with E-state index in [4.69, 9.17) is 0 Å². The molecule has 0 amide bonds. The number of hydrogen-bond donors (Lipinski definition) is 0. The monoisotopic (exact) mass is 268 g/mol. The standard InChI is InChI=1S/C15H15F3O/c1-10(15(16,17)18)7-14(19)13-9-12(13)8-11-5-3-2-4-6-11/h2-7,12-13H,8-9H2,1H3/b10-7-. The molecule has 2 atom stereocenters. The first-order chi connectivity index (χ1) is 8.88. The molecule has 1 nitrogen and oxygen atoms in total. The molecule has 1 aliphatic carbocycles. The highest BCUT2D eigenvalue weighted by Gasteiger charge is 2.42. The van der Waals surface area contributed by atoms with Crippen molar-refractivity contribution in [2.45, 2.75) is 25.9 Å². The lowest BCUT2D eigenvalue weighted by molar-refractivity contribution is -0.117. The summed E-state index contributed by atoms with van der Waals surface area (Å²) in [6.07, 6.45) is -2.21. The van der Waals surface area contributed by atoms with Crippen LogP contribution in [-0.2, 0) is 11.2 Å². The molecule has 4 heteroatoms. The summed E-state index contributed by atoms with van der Waals surface area (Å²) >= 11 is 0. The molecule has 0 spiro atoms. The molecule has 0 N–H and O–H groups in total. The van der Waals surface area contributed by atoms with Gasteiger partial charge in [0.05, 0.1) is 0 Å². The fourth-order valence-electron chi connectivity index (χ4n) is 2.14. The average molecular weight is 268 g/mol. The van der Waals surface area contributed by atoms with Crippen LogP contribution in [0.4, 0.5) is 13.2 Å². The molecule has 0 saturated heterocycles. The van der Waals surface area contributed by atoms with Gasteiger partial charge in [0.2, 0.25) is 0 Å². The largest absolute Gasteiger partial charge is 0.412 e. The number of benzene rings is 1. The van der Waals surface area contributed by atoms with Crippen LogP contribution < -0.4 is 0 Å². The van der Waals surface area contributed by atoms with Crippen molar-refractivity contribution in [1.29, 1.82) is 0 Å². The molecule has 2 rings (SSSR count). The van der Waals surface area contributed by atoms with Crippen LogP contribution in [0.25, 0.3) is 0 Å². The summed E-state index contributed by atoms with van der Waals surface area (Å²) in [5.74, 6) is -0.444. The highest BCUT2D eigenvalue weighted by atomic mass is 19.4. The predicted molar refractivity (Wildman–Crippen MR) is 66.6 cm³/mol. The minimum Gasteiger partial charge on any atom is -0.295 e. The smallest absolute Gasteiger partial charge is 0.295 e. The van der Waals surface area contributed by atoms with Gasteiger partial charge in [-0.15, -0.1) is 0 Å². The second-order valence-corrected chi connectivity index (χ2v) is 5.02. The van der Waals surface area contributed by atoms with Crippen molar-refractivity contribution in [1.82, 2.24) is 0 Å². The maximum Gasteiger partial charge on any atom is 0.412 e. The van der Waals surface area contributed by atoms with E-state index in [1.54, 1.807) is 0 Å². The zero-order chi connectivity index (χ0) is 14.0. The first-order valence-electron chi connectivity index (χ1n) is 6.21. The summed E-state index contributed by atoms with van der Waals surface area (Å²) < 4.78 is 37.0. The number of halogens is 3. The van der Waals surface area contributed by atoms with E-state index in [9.17, 15) is 18.0 Å². The molecular weight excluding hydrogens is 253 g/mol. The Balaban J connectivity index is 1.91. The number of rotatable bonds is 4. The van der Waals surface area contributed by atoms with Gasteiger partial charge in [0.1, 0.15) is 0 Å². The van der Waals surface area contributed by atoms with E-state index in [2.05, 4.69) is 0 Å². The Labute approximate surface area is 110 Å². The van der Waals surface area contributed by atoms with Crippen LogP contribution in [0.2, 0.25) is 0 Å². The van der Waals surface area contributed by atoms with Crippen LogP contribution in [-0.4, -0.2) is 12.0 Å². The molecule has 0 radical (unpaired) electrons. The lowest BCUT2D eigenvalue weighted by atomic mass is 10.1. The number of carbonyl (C=O) groups is 1. The lowest BCUT2D eigenvalue weighted by Gasteiger charge is -2.05. The Morgan fingerprint density at radius 1 is 1.32 bits per heavy atom. The zero-order valence-corrected chi connectivity index (χ0v) is 10.6. The first-order valence-corrected chi connectivity index (χ1v) is 6.21. The third kappa shape index (κ3) is 3.69. The molecule has 1 aromatic rings. The van der Waals surface area contributed by atoms with E-state index in [1.807, 2.05) is 30.3 Å². The van der Waals surface area contributed by atoms with Crippen molar-refractivity contribution in [2.24, 2.45) is 11.8 Å². The van der Waals surface area contributed by atoms with Gasteiger partial charge in [0, 0.05) is 11.5 Å². The summed E-state index contributed by atoms with van der Waals surface area (Å²) in [5, 5.41) is 0. The zero-order valence-electron chi connectivity index (χ0n) is 10.6. The van der Waals surface area contributed by atoms with Crippen molar-refractivity contribution in [2.75, 3.05) is 0 Å². The lowest BCUT2D eigenvalue weighted by Crippen LogP contribution is -2.12. The van der Waals surface area contributed by atoms with E-state index >= 15 is 0 Å². The number of carbonyl (C=O) groups excluding carboxylic acids is 1. The fourth-order valence-corrected chi connectivity index (χ4v) is 2.14. The highest BCUT2D eigenvalue weighted by Crippen LogP contribution is 2.42. The van der Waals surface area contributed by atoms with Crippen LogP contribution in [0, 0.1) is 11.8 Å². The molecule has 1 aliphatic rings. The maximum atomic E-state index is 12.3. The molecular formula is C15H15F3O. The molecule has 1 fully saturated rings. The minimum atomic E-state index is -4.40. The first kappa shape index (κ1) is 13.8. The van der Waals surface area contributed by atoms with Crippen LogP contribution >= 0.6 is 0 Å². The number of allylic oxidation sites excluding steroid dienone is 2. The SMILES string of the molecule is C/C(=C/C(=O)C1CC1Cc1ccccc1)C(F)(F)F. The summed E-state index contributed by atoms with van der Waals surface area (Å²) in [7, 11) is 0. The van der Waals surface area contributed by atoms with E-state index in [0.29, 0.717) is 6.42 Å². The summed E-state index contributed by atoms with van der Waals surface area (Å²) in [6, 6.07) is 9.69. The van der Waals surface area contributed by atoms with E-state index < -0.39 is 17.5 Å². The second-order valence-electron chi connectivity index (χ2n) is 5.02. The molecule has 1 saturated carbocycles. The van der Waals surface area contributed by atoms with E-state index in [0.717, 1.165) is 25.0 Å². The quantitative estimate of drug-likeness (QED) is 0.756. The van der Waals surface area contributed by atoms with Crippen LogP contribution in [0.15, 0.2) is 42.0 Å². The molecule has 19 heavy (non-hydrogen) atoms. The molecule has 0 heterocycles.